The molecule has 0 amide bonds. The molecule has 1 heterocycles. The first-order chi connectivity index (χ1) is 13.8. The number of thiazole rings is 1. The highest BCUT2D eigenvalue weighted by atomic mass is 32.1. The van der Waals surface area contributed by atoms with Crippen LogP contribution in [0.15, 0.2) is 89.3 Å². The molecule has 0 fully saturated rings. The molecule has 138 valence electrons. The maximum Gasteiger partial charge on any atom is 0.203 e. The molecular weight excluding hydrogens is 366 g/mol. The molecule has 0 saturated carbocycles. The van der Waals surface area contributed by atoms with Crippen molar-refractivity contribution in [1.29, 1.82) is 0 Å². The number of nitrogens with zero attached hydrogens (tertiary/aromatic N) is 2. The van der Waals surface area contributed by atoms with Gasteiger partial charge in [0.15, 0.2) is 0 Å². The van der Waals surface area contributed by atoms with Crippen molar-refractivity contribution in [3.05, 3.63) is 89.8 Å². The molecule has 0 bridgehead atoms. The van der Waals surface area contributed by atoms with Gasteiger partial charge in [-0.1, -0.05) is 66.7 Å². The highest BCUT2D eigenvalue weighted by Gasteiger charge is 2.05. The van der Waals surface area contributed by atoms with Gasteiger partial charge in [-0.3, -0.25) is 5.43 Å². The zero-order chi connectivity index (χ0) is 19.2. The van der Waals surface area contributed by atoms with Gasteiger partial charge in [0.25, 0.3) is 0 Å². The van der Waals surface area contributed by atoms with E-state index >= 15 is 0 Å². The van der Waals surface area contributed by atoms with Crippen LogP contribution in [0.25, 0.3) is 22.4 Å². The summed E-state index contributed by atoms with van der Waals surface area (Å²) in [5.41, 5.74) is 8.20. The lowest BCUT2D eigenvalue weighted by atomic mass is 10.0. The van der Waals surface area contributed by atoms with Gasteiger partial charge < -0.3 is 4.74 Å². The predicted molar refractivity (Wildman–Crippen MR) is 117 cm³/mol. The topological polar surface area (TPSA) is 46.5 Å². The lowest BCUT2D eigenvalue weighted by molar-refractivity contribution is 0.416. The SMILES string of the molecule is COc1ccccc1-c1cccc(C=NNc2nc(-c3ccccc3)cs2)c1. The Morgan fingerprint density at radius 1 is 0.929 bits per heavy atom. The first-order valence-electron chi connectivity index (χ1n) is 8.87. The van der Waals surface area contributed by atoms with Crippen molar-refractivity contribution in [3.63, 3.8) is 0 Å². The van der Waals surface area contributed by atoms with Gasteiger partial charge in [-0.25, -0.2) is 4.98 Å². The Kier molecular flexibility index (Phi) is 5.45. The van der Waals surface area contributed by atoms with E-state index in [9.17, 15) is 0 Å². The van der Waals surface area contributed by atoms with Gasteiger partial charge in [-0.2, -0.15) is 5.10 Å². The van der Waals surface area contributed by atoms with E-state index in [-0.39, 0.29) is 0 Å². The standard InChI is InChI=1S/C23H19N3OS/c1-27-22-13-6-5-12-20(22)19-11-7-8-17(14-19)15-24-26-23-25-21(16-28-23)18-9-3-2-4-10-18/h2-16H,1H3,(H,25,26). The Balaban J connectivity index is 1.48. The summed E-state index contributed by atoms with van der Waals surface area (Å²) in [6.07, 6.45) is 1.79. The highest BCUT2D eigenvalue weighted by Crippen LogP contribution is 2.29. The number of methoxy groups -OCH3 is 1. The summed E-state index contributed by atoms with van der Waals surface area (Å²) in [4.78, 5) is 4.58. The number of hydrogen-bond acceptors (Lipinski definition) is 5. The summed E-state index contributed by atoms with van der Waals surface area (Å²) in [5.74, 6) is 0.853. The Morgan fingerprint density at radius 3 is 2.57 bits per heavy atom. The largest absolute Gasteiger partial charge is 0.496 e. The van der Waals surface area contributed by atoms with E-state index in [1.54, 1.807) is 13.3 Å². The highest BCUT2D eigenvalue weighted by molar-refractivity contribution is 7.14. The van der Waals surface area contributed by atoms with Gasteiger partial charge >= 0.3 is 0 Å². The summed E-state index contributed by atoms with van der Waals surface area (Å²) >= 11 is 1.53. The van der Waals surface area contributed by atoms with E-state index in [0.29, 0.717) is 0 Å². The van der Waals surface area contributed by atoms with Crippen molar-refractivity contribution in [2.24, 2.45) is 5.10 Å². The summed E-state index contributed by atoms with van der Waals surface area (Å²) < 4.78 is 5.46. The smallest absolute Gasteiger partial charge is 0.203 e. The van der Waals surface area contributed by atoms with E-state index in [1.165, 1.54) is 11.3 Å². The average molecular weight is 385 g/mol. The van der Waals surface area contributed by atoms with Gasteiger partial charge in [0, 0.05) is 16.5 Å². The maximum absolute atomic E-state index is 5.46. The quantitative estimate of drug-likeness (QED) is 0.330. The van der Waals surface area contributed by atoms with Crippen LogP contribution in [-0.2, 0) is 0 Å². The summed E-state index contributed by atoms with van der Waals surface area (Å²) in [5, 5.41) is 7.12. The molecule has 4 aromatic rings. The zero-order valence-electron chi connectivity index (χ0n) is 15.4. The minimum Gasteiger partial charge on any atom is -0.496 e. The number of hydrazone groups is 1. The molecule has 0 aliphatic rings. The molecule has 0 aliphatic carbocycles. The van der Waals surface area contributed by atoms with Gasteiger partial charge in [0.1, 0.15) is 5.75 Å². The molecule has 0 unspecified atom stereocenters. The number of benzene rings is 3. The van der Waals surface area contributed by atoms with Gasteiger partial charge in [-0.15, -0.1) is 11.3 Å². The van der Waals surface area contributed by atoms with Crippen LogP contribution in [0.4, 0.5) is 5.13 Å². The molecule has 1 aromatic heterocycles. The van der Waals surface area contributed by atoms with Crippen LogP contribution in [-0.4, -0.2) is 18.3 Å². The van der Waals surface area contributed by atoms with Crippen LogP contribution in [0.5, 0.6) is 5.75 Å². The maximum atomic E-state index is 5.46. The molecule has 0 radical (unpaired) electrons. The van der Waals surface area contributed by atoms with Crippen LogP contribution in [0.3, 0.4) is 0 Å². The molecule has 28 heavy (non-hydrogen) atoms. The molecule has 0 saturated heterocycles. The van der Waals surface area contributed by atoms with Crippen molar-refractivity contribution in [3.8, 4) is 28.1 Å². The Hall–Kier alpha value is -3.44. The number of anilines is 1. The van der Waals surface area contributed by atoms with Gasteiger partial charge in [-0.05, 0) is 23.3 Å². The second kappa shape index (κ2) is 8.50. The summed E-state index contributed by atoms with van der Waals surface area (Å²) in [7, 11) is 1.69. The minimum atomic E-state index is 0.760. The molecule has 4 nitrogen and oxygen atoms in total. The lowest BCUT2D eigenvalue weighted by Crippen LogP contribution is -1.91. The fourth-order valence-corrected chi connectivity index (χ4v) is 3.57. The van der Waals surface area contributed by atoms with Gasteiger partial charge in [0.05, 0.1) is 19.0 Å². The Morgan fingerprint density at radius 2 is 1.71 bits per heavy atom. The third-order valence-corrected chi connectivity index (χ3v) is 5.00. The van der Waals surface area contributed by atoms with Crippen LogP contribution in [0.1, 0.15) is 5.56 Å². The van der Waals surface area contributed by atoms with E-state index in [4.69, 9.17) is 4.74 Å². The van der Waals surface area contributed by atoms with Crippen LogP contribution < -0.4 is 10.2 Å². The van der Waals surface area contributed by atoms with Crippen molar-refractivity contribution in [2.45, 2.75) is 0 Å². The van der Waals surface area contributed by atoms with Crippen molar-refractivity contribution in [1.82, 2.24) is 4.98 Å². The molecule has 0 aliphatic heterocycles. The Bertz CT molecular complexity index is 1090. The molecule has 4 rings (SSSR count). The number of ether oxygens (including phenoxy) is 1. The van der Waals surface area contributed by atoms with Crippen molar-refractivity contribution >= 4 is 22.7 Å². The van der Waals surface area contributed by atoms with Crippen LogP contribution >= 0.6 is 11.3 Å². The lowest BCUT2D eigenvalue weighted by Gasteiger charge is -2.08. The molecule has 3 aromatic carbocycles. The van der Waals surface area contributed by atoms with E-state index < -0.39 is 0 Å². The normalized spacial score (nSPS) is 10.9. The zero-order valence-corrected chi connectivity index (χ0v) is 16.2. The minimum absolute atomic E-state index is 0.760. The number of para-hydroxylation sites is 1. The second-order valence-corrected chi connectivity index (χ2v) is 6.96. The fraction of sp³-hybridized carbons (Fsp3) is 0.0435. The molecule has 0 atom stereocenters. The second-order valence-electron chi connectivity index (χ2n) is 6.10. The Labute approximate surface area is 168 Å². The molecule has 0 spiro atoms. The first kappa shape index (κ1) is 17.9. The van der Waals surface area contributed by atoms with Crippen LogP contribution in [0, 0.1) is 0 Å². The predicted octanol–water partition coefficient (Wildman–Crippen LogP) is 5.93. The number of rotatable bonds is 6. The third-order valence-electron chi connectivity index (χ3n) is 4.25. The average Bonchev–Trinajstić information content (AvgIpc) is 3.23. The monoisotopic (exact) mass is 385 g/mol. The van der Waals surface area contributed by atoms with E-state index in [1.807, 2.05) is 72.1 Å². The van der Waals surface area contributed by atoms with E-state index in [2.05, 4.69) is 27.6 Å². The first-order valence-corrected chi connectivity index (χ1v) is 9.75. The molecule has 1 N–H and O–H groups in total. The molecule has 5 heteroatoms. The summed E-state index contributed by atoms with van der Waals surface area (Å²) in [6, 6.07) is 26.3. The van der Waals surface area contributed by atoms with Crippen LogP contribution in [0.2, 0.25) is 0 Å². The fourth-order valence-electron chi connectivity index (χ4n) is 2.90. The number of hydrogen-bond donors (Lipinski definition) is 1. The number of aromatic nitrogens is 1. The van der Waals surface area contributed by atoms with Crippen molar-refractivity contribution in [2.75, 3.05) is 12.5 Å². The summed E-state index contributed by atoms with van der Waals surface area (Å²) in [6.45, 7) is 0. The van der Waals surface area contributed by atoms with E-state index in [0.717, 1.165) is 38.8 Å². The number of nitrogens with one attached hydrogen (secondary N) is 1. The third kappa shape index (κ3) is 4.10. The molecular formula is C23H19N3OS. The van der Waals surface area contributed by atoms with Gasteiger partial charge in [0.2, 0.25) is 5.13 Å². The van der Waals surface area contributed by atoms with Crippen molar-refractivity contribution < 1.29 is 4.74 Å².